The maximum atomic E-state index is 14.0. The molecule has 0 aliphatic rings. The molecule has 4 nitrogen and oxygen atoms in total. The van der Waals surface area contributed by atoms with E-state index in [0.717, 1.165) is 10.7 Å². The van der Waals surface area contributed by atoms with Crippen molar-refractivity contribution in [2.45, 2.75) is 26.2 Å². The van der Waals surface area contributed by atoms with Gasteiger partial charge in [-0.25, -0.2) is 18.3 Å². The van der Waals surface area contributed by atoms with Gasteiger partial charge in [0, 0.05) is 11.5 Å². The van der Waals surface area contributed by atoms with Crippen molar-refractivity contribution in [3.8, 4) is 5.69 Å². The molecule has 0 bridgehead atoms. The molecule has 7 heteroatoms. The summed E-state index contributed by atoms with van der Waals surface area (Å²) in [6.07, 6.45) is 0. The minimum Gasteiger partial charge on any atom is -0.476 e. The molecule has 0 aliphatic carbocycles. The maximum Gasteiger partial charge on any atom is 0.358 e. The lowest BCUT2D eigenvalue weighted by Gasteiger charge is -2.21. The number of benzene rings is 1. The number of aromatic nitrogens is 2. The highest BCUT2D eigenvalue weighted by atomic mass is 35.5. The van der Waals surface area contributed by atoms with Gasteiger partial charge in [-0.2, -0.15) is 5.10 Å². The molecule has 21 heavy (non-hydrogen) atoms. The molecule has 0 spiro atoms. The summed E-state index contributed by atoms with van der Waals surface area (Å²) in [5.41, 5.74) is -0.674. The second kappa shape index (κ2) is 5.11. The number of carboxylic acids is 1. The van der Waals surface area contributed by atoms with Crippen LogP contribution in [0.2, 0.25) is 5.02 Å². The fraction of sp³-hybridized carbons (Fsp3) is 0.286. The summed E-state index contributed by atoms with van der Waals surface area (Å²) in [4.78, 5) is 11.2. The number of rotatable bonds is 2. The molecule has 1 aromatic carbocycles. The first kappa shape index (κ1) is 15.4. The smallest absolute Gasteiger partial charge is 0.358 e. The molecule has 0 amide bonds. The Bertz CT molecular complexity index is 720. The largest absolute Gasteiger partial charge is 0.476 e. The third-order valence-electron chi connectivity index (χ3n) is 2.88. The minimum atomic E-state index is -1.31. The van der Waals surface area contributed by atoms with E-state index in [1.165, 1.54) is 6.07 Å². The van der Waals surface area contributed by atoms with Crippen LogP contribution in [0.25, 0.3) is 5.69 Å². The first-order valence-corrected chi connectivity index (χ1v) is 6.48. The summed E-state index contributed by atoms with van der Waals surface area (Å²) in [5.74, 6) is -2.89. The molecule has 1 N–H and O–H groups in total. The summed E-state index contributed by atoms with van der Waals surface area (Å²) < 4.78 is 28.1. The fourth-order valence-electron chi connectivity index (χ4n) is 2.01. The Morgan fingerprint density at radius 1 is 1.33 bits per heavy atom. The molecule has 0 unspecified atom stereocenters. The number of carbonyl (C=O) groups is 1. The molecular weight excluding hydrogens is 302 g/mol. The topological polar surface area (TPSA) is 55.1 Å². The lowest BCUT2D eigenvalue weighted by atomic mass is 9.91. The molecule has 2 rings (SSSR count). The summed E-state index contributed by atoms with van der Waals surface area (Å²) >= 11 is 6.08. The lowest BCUT2D eigenvalue weighted by molar-refractivity contribution is 0.0690. The van der Waals surface area contributed by atoms with Gasteiger partial charge in [0.05, 0.1) is 10.7 Å². The van der Waals surface area contributed by atoms with Crippen LogP contribution in [-0.4, -0.2) is 20.9 Å². The summed E-state index contributed by atoms with van der Waals surface area (Å²) in [5, 5.41) is 12.9. The normalized spacial score (nSPS) is 11.7. The third kappa shape index (κ3) is 2.76. The van der Waals surface area contributed by atoms with Gasteiger partial charge in [0.1, 0.15) is 11.5 Å². The van der Waals surface area contributed by atoms with Gasteiger partial charge in [-0.3, -0.25) is 0 Å². The molecular formula is C14H13ClF2N2O2. The van der Waals surface area contributed by atoms with E-state index in [9.17, 15) is 13.6 Å². The van der Waals surface area contributed by atoms with Crippen molar-refractivity contribution in [3.63, 3.8) is 0 Å². The third-order valence-corrected chi connectivity index (χ3v) is 3.24. The van der Waals surface area contributed by atoms with Crippen LogP contribution >= 0.6 is 11.6 Å². The van der Waals surface area contributed by atoms with Crippen molar-refractivity contribution in [2.24, 2.45) is 0 Å². The van der Waals surface area contributed by atoms with E-state index in [1.54, 1.807) is 20.8 Å². The highest BCUT2D eigenvalue weighted by molar-refractivity contribution is 6.34. The number of hydrogen-bond acceptors (Lipinski definition) is 2. The second-order valence-corrected chi connectivity index (χ2v) is 5.95. The fourth-order valence-corrected chi connectivity index (χ4v) is 2.49. The zero-order valence-corrected chi connectivity index (χ0v) is 12.4. The SMILES string of the molecule is CC(C)(C)c1c(Cl)c(C(=O)O)nn1-c1ccc(F)cc1F. The Balaban J connectivity index is 2.79. The van der Waals surface area contributed by atoms with Crippen LogP contribution in [-0.2, 0) is 5.41 Å². The van der Waals surface area contributed by atoms with Crippen molar-refractivity contribution in [2.75, 3.05) is 0 Å². The van der Waals surface area contributed by atoms with Crippen molar-refractivity contribution < 1.29 is 18.7 Å². The van der Waals surface area contributed by atoms with Crippen molar-refractivity contribution >= 4 is 17.6 Å². The molecule has 0 saturated carbocycles. The van der Waals surface area contributed by atoms with Gasteiger partial charge in [0.25, 0.3) is 0 Å². The standard InChI is InChI=1S/C14H13ClF2N2O2/c1-14(2,3)12-10(15)11(13(20)21)18-19(12)9-5-4-7(16)6-8(9)17/h4-6H,1-3H3,(H,20,21). The van der Waals surface area contributed by atoms with E-state index >= 15 is 0 Å². The minimum absolute atomic E-state index is 0.0567. The Kier molecular flexibility index (Phi) is 3.76. The van der Waals surface area contributed by atoms with Crippen LogP contribution in [0.3, 0.4) is 0 Å². The number of hydrogen-bond donors (Lipinski definition) is 1. The Labute approximate surface area is 125 Å². The maximum absolute atomic E-state index is 14.0. The van der Waals surface area contributed by atoms with E-state index in [4.69, 9.17) is 16.7 Å². The van der Waals surface area contributed by atoms with E-state index in [1.807, 2.05) is 0 Å². The van der Waals surface area contributed by atoms with Crippen LogP contribution in [0.4, 0.5) is 8.78 Å². The van der Waals surface area contributed by atoms with Gasteiger partial charge in [-0.1, -0.05) is 32.4 Å². The molecule has 1 heterocycles. The monoisotopic (exact) mass is 314 g/mol. The quantitative estimate of drug-likeness (QED) is 0.917. The van der Waals surface area contributed by atoms with Gasteiger partial charge in [-0.05, 0) is 12.1 Å². The number of halogens is 3. The number of carboxylic acid groups (broad SMARTS) is 1. The summed E-state index contributed by atoms with van der Waals surface area (Å²) in [6, 6.07) is 2.97. The highest BCUT2D eigenvalue weighted by Crippen LogP contribution is 2.34. The predicted octanol–water partition coefficient (Wildman–Crippen LogP) is 3.80. The van der Waals surface area contributed by atoms with Crippen LogP contribution < -0.4 is 0 Å². The summed E-state index contributed by atoms with van der Waals surface area (Å²) in [7, 11) is 0. The molecule has 0 atom stereocenters. The second-order valence-electron chi connectivity index (χ2n) is 5.57. The van der Waals surface area contributed by atoms with E-state index in [2.05, 4.69) is 5.10 Å². The predicted molar refractivity (Wildman–Crippen MR) is 74.1 cm³/mol. The van der Waals surface area contributed by atoms with Gasteiger partial charge in [0.2, 0.25) is 0 Å². The number of aromatic carboxylic acids is 1. The molecule has 112 valence electrons. The van der Waals surface area contributed by atoms with Gasteiger partial charge in [0.15, 0.2) is 11.5 Å². The first-order chi connectivity index (χ1) is 9.62. The van der Waals surface area contributed by atoms with Gasteiger partial charge in [-0.15, -0.1) is 0 Å². The van der Waals surface area contributed by atoms with Gasteiger partial charge >= 0.3 is 5.97 Å². The average Bonchev–Trinajstić information content (AvgIpc) is 2.66. The molecule has 0 aliphatic heterocycles. The molecule has 0 radical (unpaired) electrons. The van der Waals surface area contributed by atoms with Gasteiger partial charge < -0.3 is 5.11 Å². The van der Waals surface area contributed by atoms with Crippen LogP contribution in [0.5, 0.6) is 0 Å². The lowest BCUT2D eigenvalue weighted by Crippen LogP contribution is -2.18. The van der Waals surface area contributed by atoms with Crippen LogP contribution in [0.15, 0.2) is 18.2 Å². The Morgan fingerprint density at radius 3 is 2.43 bits per heavy atom. The van der Waals surface area contributed by atoms with Crippen molar-refractivity contribution in [1.82, 2.24) is 9.78 Å². The van der Waals surface area contributed by atoms with E-state index in [0.29, 0.717) is 11.8 Å². The molecule has 2 aromatic rings. The zero-order valence-electron chi connectivity index (χ0n) is 11.6. The average molecular weight is 315 g/mol. The number of nitrogens with zero attached hydrogens (tertiary/aromatic N) is 2. The zero-order chi connectivity index (χ0) is 15.9. The molecule has 1 aromatic heterocycles. The van der Waals surface area contributed by atoms with E-state index in [-0.39, 0.29) is 16.4 Å². The van der Waals surface area contributed by atoms with Crippen molar-refractivity contribution in [1.29, 1.82) is 0 Å². The summed E-state index contributed by atoms with van der Waals surface area (Å²) in [6.45, 7) is 5.37. The molecule has 0 saturated heterocycles. The van der Waals surface area contributed by atoms with E-state index < -0.39 is 23.0 Å². The first-order valence-electron chi connectivity index (χ1n) is 6.10. The highest BCUT2D eigenvalue weighted by Gasteiger charge is 2.30. The van der Waals surface area contributed by atoms with Crippen LogP contribution in [0, 0.1) is 11.6 Å². The van der Waals surface area contributed by atoms with Crippen LogP contribution in [0.1, 0.15) is 37.0 Å². The Morgan fingerprint density at radius 2 is 1.95 bits per heavy atom. The Hall–Kier alpha value is -1.95. The molecule has 0 fully saturated rings. The van der Waals surface area contributed by atoms with Crippen molar-refractivity contribution in [3.05, 3.63) is 46.2 Å².